The van der Waals surface area contributed by atoms with E-state index >= 15 is 0 Å². The van der Waals surface area contributed by atoms with Crippen LogP contribution < -0.4 is 14.8 Å². The highest BCUT2D eigenvalue weighted by molar-refractivity contribution is 7.89. The molecular weight excluding hydrogens is 582 g/mol. The molecule has 10 nitrogen and oxygen atoms in total. The highest BCUT2D eigenvalue weighted by Crippen LogP contribution is 2.26. The maximum Gasteiger partial charge on any atom is 0.277 e. The zero-order valence-corrected chi connectivity index (χ0v) is 25.4. The molecule has 11 heteroatoms. The lowest BCUT2D eigenvalue weighted by molar-refractivity contribution is 0.101. The van der Waals surface area contributed by atoms with Gasteiger partial charge in [0.15, 0.2) is 11.5 Å². The second-order valence-corrected chi connectivity index (χ2v) is 12.4. The molecule has 0 saturated heterocycles. The summed E-state index contributed by atoms with van der Waals surface area (Å²) in [7, 11) is -2.36. The number of amides is 1. The molecule has 0 saturated carbocycles. The van der Waals surface area contributed by atoms with Gasteiger partial charge in [-0.05, 0) is 84.3 Å². The van der Waals surface area contributed by atoms with Gasteiger partial charge in [0.25, 0.3) is 5.91 Å². The molecule has 0 bridgehead atoms. The van der Waals surface area contributed by atoms with Gasteiger partial charge >= 0.3 is 0 Å². The molecule has 2 heterocycles. The number of furan rings is 1. The Balaban J connectivity index is 1.26. The molecular formula is C33H33N3O7S. The van der Waals surface area contributed by atoms with Crippen molar-refractivity contribution in [2.45, 2.75) is 31.8 Å². The van der Waals surface area contributed by atoms with E-state index in [0.29, 0.717) is 35.5 Å². The second kappa shape index (κ2) is 13.6. The molecule has 0 aliphatic carbocycles. The number of aromatic nitrogens is 1. The van der Waals surface area contributed by atoms with Crippen molar-refractivity contribution in [3.8, 4) is 22.8 Å². The summed E-state index contributed by atoms with van der Waals surface area (Å²) < 4.78 is 50.5. The first kappa shape index (κ1) is 30.6. The average molecular weight is 616 g/mol. The summed E-state index contributed by atoms with van der Waals surface area (Å²) in [6.45, 7) is 4.94. The van der Waals surface area contributed by atoms with Crippen LogP contribution in [0.5, 0.6) is 11.5 Å². The summed E-state index contributed by atoms with van der Waals surface area (Å²) >= 11 is 0. The standard InChI is InChI=1S/C33H33N3O7S/c1-23(2)22-42-28-14-8-25(9-15-28)32-19-31(35-43-32)33(37)34-26-10-16-30(17-11-26)44(38,39)36(21-29-5-4-18-41-29)20-24-6-12-27(40-3)13-7-24/h4-19,23H,20-22H2,1-3H3,(H,34,37). The van der Waals surface area contributed by atoms with Gasteiger partial charge in [0.1, 0.15) is 17.3 Å². The van der Waals surface area contributed by atoms with E-state index in [2.05, 4.69) is 24.3 Å². The zero-order chi connectivity index (χ0) is 31.1. The van der Waals surface area contributed by atoms with E-state index in [1.54, 1.807) is 37.4 Å². The highest BCUT2D eigenvalue weighted by Gasteiger charge is 2.26. The fraction of sp³-hybridized carbons (Fsp3) is 0.212. The Labute approximate surface area is 256 Å². The Kier molecular flexibility index (Phi) is 9.47. The van der Waals surface area contributed by atoms with E-state index in [9.17, 15) is 13.2 Å². The van der Waals surface area contributed by atoms with Crippen molar-refractivity contribution in [3.05, 3.63) is 114 Å². The molecule has 5 aromatic rings. The van der Waals surface area contributed by atoms with Crippen LogP contribution in [0.25, 0.3) is 11.3 Å². The number of hydrogen-bond acceptors (Lipinski definition) is 8. The van der Waals surface area contributed by atoms with Gasteiger partial charge in [0.05, 0.1) is 31.4 Å². The van der Waals surface area contributed by atoms with E-state index < -0.39 is 15.9 Å². The molecule has 0 fully saturated rings. The maximum atomic E-state index is 13.7. The molecule has 0 unspecified atom stereocenters. The molecule has 44 heavy (non-hydrogen) atoms. The summed E-state index contributed by atoms with van der Waals surface area (Å²) in [5.74, 6) is 2.28. The van der Waals surface area contributed by atoms with Crippen molar-refractivity contribution in [3.63, 3.8) is 0 Å². The number of nitrogens with one attached hydrogen (secondary N) is 1. The number of sulfonamides is 1. The van der Waals surface area contributed by atoms with Crippen molar-refractivity contribution in [1.82, 2.24) is 9.46 Å². The van der Waals surface area contributed by atoms with E-state index in [4.69, 9.17) is 18.4 Å². The largest absolute Gasteiger partial charge is 0.497 e. The van der Waals surface area contributed by atoms with Crippen molar-refractivity contribution in [1.29, 1.82) is 0 Å². The highest BCUT2D eigenvalue weighted by atomic mass is 32.2. The summed E-state index contributed by atoms with van der Waals surface area (Å²) in [6.07, 6.45) is 1.50. The Hall–Kier alpha value is -4.87. The molecule has 3 aromatic carbocycles. The number of ether oxygens (including phenoxy) is 2. The second-order valence-electron chi connectivity index (χ2n) is 10.5. The molecule has 0 radical (unpaired) electrons. The third kappa shape index (κ3) is 7.55. The number of methoxy groups -OCH3 is 1. The normalized spacial score (nSPS) is 11.6. The van der Waals surface area contributed by atoms with Gasteiger partial charge < -0.3 is 23.7 Å². The minimum atomic E-state index is -3.93. The van der Waals surface area contributed by atoms with Gasteiger partial charge in [-0.1, -0.05) is 31.1 Å². The molecule has 1 N–H and O–H groups in total. The smallest absolute Gasteiger partial charge is 0.277 e. The topological polar surface area (TPSA) is 124 Å². The molecule has 0 spiro atoms. The van der Waals surface area contributed by atoms with Crippen molar-refractivity contribution in [2.75, 3.05) is 19.0 Å². The van der Waals surface area contributed by atoms with Crippen LogP contribution in [0.4, 0.5) is 5.69 Å². The zero-order valence-electron chi connectivity index (χ0n) is 24.6. The van der Waals surface area contributed by atoms with Crippen LogP contribution in [0, 0.1) is 5.92 Å². The van der Waals surface area contributed by atoms with Crippen LogP contribution in [-0.2, 0) is 23.1 Å². The number of hydrogen-bond donors (Lipinski definition) is 1. The summed E-state index contributed by atoms with van der Waals surface area (Å²) in [5, 5.41) is 6.64. The third-order valence-corrected chi connectivity index (χ3v) is 8.45. The number of carbonyl (C=O) groups excluding carboxylic acids is 1. The number of benzene rings is 3. The lowest BCUT2D eigenvalue weighted by Gasteiger charge is -2.22. The van der Waals surface area contributed by atoms with Gasteiger partial charge in [-0.15, -0.1) is 0 Å². The van der Waals surface area contributed by atoms with Crippen LogP contribution in [0.15, 0.2) is 111 Å². The summed E-state index contributed by atoms with van der Waals surface area (Å²) in [4.78, 5) is 12.9. The lowest BCUT2D eigenvalue weighted by Crippen LogP contribution is -2.30. The van der Waals surface area contributed by atoms with E-state index in [1.807, 2.05) is 36.4 Å². The minimum absolute atomic E-state index is 0.0437. The number of carbonyl (C=O) groups is 1. The first-order valence-corrected chi connectivity index (χ1v) is 15.4. The monoisotopic (exact) mass is 615 g/mol. The van der Waals surface area contributed by atoms with Crippen molar-refractivity contribution >= 4 is 21.6 Å². The Morgan fingerprint density at radius 3 is 2.27 bits per heavy atom. The third-order valence-electron chi connectivity index (χ3n) is 6.65. The number of nitrogens with zero attached hydrogens (tertiary/aromatic N) is 2. The quantitative estimate of drug-likeness (QED) is 0.157. The Morgan fingerprint density at radius 2 is 1.64 bits per heavy atom. The Bertz CT molecular complexity index is 1760. The fourth-order valence-electron chi connectivity index (χ4n) is 4.29. The van der Waals surface area contributed by atoms with Gasteiger partial charge in [-0.2, -0.15) is 4.31 Å². The van der Waals surface area contributed by atoms with Crippen LogP contribution in [0.3, 0.4) is 0 Å². The van der Waals surface area contributed by atoms with Crippen LogP contribution >= 0.6 is 0 Å². The first-order chi connectivity index (χ1) is 21.2. The van der Waals surface area contributed by atoms with Crippen LogP contribution in [0.1, 0.15) is 35.7 Å². The van der Waals surface area contributed by atoms with Crippen molar-refractivity contribution < 1.29 is 31.6 Å². The summed E-state index contributed by atoms with van der Waals surface area (Å²) in [6, 6.07) is 25.5. The van der Waals surface area contributed by atoms with Gasteiger partial charge in [-0.3, -0.25) is 4.79 Å². The average Bonchev–Trinajstić information content (AvgIpc) is 3.74. The molecule has 1 amide bonds. The van der Waals surface area contributed by atoms with E-state index in [0.717, 1.165) is 16.9 Å². The van der Waals surface area contributed by atoms with Crippen LogP contribution in [0.2, 0.25) is 0 Å². The SMILES string of the molecule is COc1ccc(CN(Cc2ccco2)S(=O)(=O)c2ccc(NC(=O)c3cc(-c4ccc(OCC(C)C)cc4)on3)cc2)cc1. The minimum Gasteiger partial charge on any atom is -0.497 e. The molecule has 0 aliphatic heterocycles. The molecule has 2 aromatic heterocycles. The summed E-state index contributed by atoms with van der Waals surface area (Å²) in [5.41, 5.74) is 2.02. The number of rotatable bonds is 13. The lowest BCUT2D eigenvalue weighted by atomic mass is 10.1. The molecule has 5 rings (SSSR count). The predicted molar refractivity (Wildman–Crippen MR) is 165 cm³/mol. The molecule has 0 atom stereocenters. The van der Waals surface area contributed by atoms with Gasteiger partial charge in [0.2, 0.25) is 10.0 Å². The van der Waals surface area contributed by atoms with E-state index in [1.165, 1.54) is 34.8 Å². The molecule has 228 valence electrons. The first-order valence-electron chi connectivity index (χ1n) is 14.0. The van der Waals surface area contributed by atoms with E-state index in [-0.39, 0.29) is 23.7 Å². The number of anilines is 1. The predicted octanol–water partition coefficient (Wildman–Crippen LogP) is 6.62. The van der Waals surface area contributed by atoms with Gasteiger partial charge in [-0.25, -0.2) is 8.42 Å². The van der Waals surface area contributed by atoms with Crippen LogP contribution in [-0.4, -0.2) is 37.5 Å². The van der Waals surface area contributed by atoms with Gasteiger partial charge in [0, 0.05) is 23.9 Å². The fourth-order valence-corrected chi connectivity index (χ4v) is 5.68. The maximum absolute atomic E-state index is 13.7. The molecule has 0 aliphatic rings. The van der Waals surface area contributed by atoms with Crippen molar-refractivity contribution in [2.24, 2.45) is 5.92 Å². The Morgan fingerprint density at radius 1 is 0.932 bits per heavy atom.